The minimum Gasteiger partial charge on any atom is -0.484 e. The summed E-state index contributed by atoms with van der Waals surface area (Å²) in [5.41, 5.74) is 0.695. The summed E-state index contributed by atoms with van der Waals surface area (Å²) in [6, 6.07) is 12.2. The van der Waals surface area contributed by atoms with E-state index in [9.17, 15) is 22.8 Å². The van der Waals surface area contributed by atoms with Crippen LogP contribution in [0.3, 0.4) is 0 Å². The molecule has 0 aliphatic carbocycles. The highest BCUT2D eigenvalue weighted by Crippen LogP contribution is 2.23. The van der Waals surface area contributed by atoms with Crippen LogP contribution in [0.25, 0.3) is 0 Å². The number of ether oxygens (including phenoxy) is 1. The van der Waals surface area contributed by atoms with Crippen molar-refractivity contribution in [2.75, 3.05) is 11.9 Å². The van der Waals surface area contributed by atoms with E-state index in [2.05, 4.69) is 15.4 Å². The number of thiophene rings is 1. The Morgan fingerprint density at radius 3 is 2.45 bits per heavy atom. The fourth-order valence-electron chi connectivity index (χ4n) is 2.25. The largest absolute Gasteiger partial charge is 0.484 e. The molecule has 0 atom stereocenters. The van der Waals surface area contributed by atoms with E-state index in [4.69, 9.17) is 4.42 Å². The van der Waals surface area contributed by atoms with Crippen LogP contribution >= 0.6 is 11.3 Å². The first kappa shape index (κ1) is 20.5. The molecule has 0 radical (unpaired) electrons. The van der Waals surface area contributed by atoms with E-state index in [0.29, 0.717) is 15.4 Å². The molecule has 0 saturated heterocycles. The van der Waals surface area contributed by atoms with Crippen molar-refractivity contribution in [3.05, 3.63) is 71.0 Å². The van der Waals surface area contributed by atoms with E-state index in [1.807, 2.05) is 0 Å². The number of amides is 2. The first-order chi connectivity index (χ1) is 13.8. The Labute approximate surface area is 167 Å². The van der Waals surface area contributed by atoms with E-state index < -0.39 is 18.7 Å². The molecular weight excluding hydrogens is 409 g/mol. The Morgan fingerprint density at radius 1 is 1.03 bits per heavy atom. The molecule has 6 nitrogen and oxygen atoms in total. The molecule has 1 aromatic carbocycles. The normalized spacial score (nSPS) is 11.1. The van der Waals surface area contributed by atoms with Crippen molar-refractivity contribution < 1.29 is 31.9 Å². The summed E-state index contributed by atoms with van der Waals surface area (Å²) >= 11 is 1.10. The average Bonchev–Trinajstić information content (AvgIpc) is 3.37. The van der Waals surface area contributed by atoms with Crippen LogP contribution in [0.5, 0.6) is 5.75 Å². The van der Waals surface area contributed by atoms with Gasteiger partial charge in [0.1, 0.15) is 5.75 Å². The van der Waals surface area contributed by atoms with Gasteiger partial charge in [-0.2, -0.15) is 13.2 Å². The number of rotatable bonds is 7. The average molecular weight is 424 g/mol. The molecule has 0 aliphatic rings. The first-order valence-corrected chi connectivity index (χ1v) is 9.13. The quantitative estimate of drug-likeness (QED) is 0.587. The van der Waals surface area contributed by atoms with Gasteiger partial charge < -0.3 is 19.8 Å². The van der Waals surface area contributed by atoms with Crippen molar-refractivity contribution in [1.82, 2.24) is 5.32 Å². The molecule has 10 heteroatoms. The van der Waals surface area contributed by atoms with E-state index >= 15 is 0 Å². The smallest absolute Gasteiger partial charge is 0.422 e. The zero-order chi connectivity index (χ0) is 20.9. The van der Waals surface area contributed by atoms with Gasteiger partial charge in [-0.25, -0.2) is 0 Å². The van der Waals surface area contributed by atoms with Crippen molar-refractivity contribution in [3.8, 4) is 5.75 Å². The summed E-state index contributed by atoms with van der Waals surface area (Å²) in [5, 5.41) is 5.83. The summed E-state index contributed by atoms with van der Waals surface area (Å²) in [6.45, 7) is -1.18. The molecular formula is C19H15F3N2O4S. The van der Waals surface area contributed by atoms with Crippen LogP contribution in [-0.2, 0) is 6.54 Å². The monoisotopic (exact) mass is 424 g/mol. The summed E-state index contributed by atoms with van der Waals surface area (Å²) in [4.78, 5) is 24.6. The number of benzene rings is 1. The lowest BCUT2D eigenvalue weighted by Gasteiger charge is -2.10. The van der Waals surface area contributed by atoms with Gasteiger partial charge in [0.05, 0.1) is 16.1 Å². The minimum atomic E-state index is -4.40. The first-order valence-electron chi connectivity index (χ1n) is 8.31. The van der Waals surface area contributed by atoms with Crippen molar-refractivity contribution in [2.45, 2.75) is 12.7 Å². The van der Waals surface area contributed by atoms with Gasteiger partial charge in [0.2, 0.25) is 0 Å². The van der Waals surface area contributed by atoms with Crippen molar-refractivity contribution in [3.63, 3.8) is 0 Å². The maximum Gasteiger partial charge on any atom is 0.422 e. The standard InChI is InChI=1S/C19H15F3N2O4S/c20-19(21,22)11-28-13-5-3-12(4-6-13)10-23-18(26)15-7-8-16(29-15)24-17(25)14-2-1-9-27-14/h1-9H,10-11H2,(H,23,26)(H,24,25). The summed E-state index contributed by atoms with van der Waals surface area (Å²) in [7, 11) is 0. The Kier molecular flexibility index (Phi) is 6.23. The molecule has 0 aliphatic heterocycles. The highest BCUT2D eigenvalue weighted by atomic mass is 32.1. The predicted octanol–water partition coefficient (Wildman–Crippen LogP) is 4.46. The lowest BCUT2D eigenvalue weighted by atomic mass is 10.2. The number of furan rings is 1. The highest BCUT2D eigenvalue weighted by molar-refractivity contribution is 7.18. The maximum atomic E-state index is 12.2. The van der Waals surface area contributed by atoms with Crippen LogP contribution in [0.4, 0.5) is 18.2 Å². The minimum absolute atomic E-state index is 0.0904. The lowest BCUT2D eigenvalue weighted by molar-refractivity contribution is -0.153. The predicted molar refractivity (Wildman–Crippen MR) is 100 cm³/mol. The molecule has 0 bridgehead atoms. The van der Waals surface area contributed by atoms with Gasteiger partial charge in [-0.15, -0.1) is 11.3 Å². The summed E-state index contributed by atoms with van der Waals surface area (Å²) < 4.78 is 46.0. The molecule has 0 spiro atoms. The highest BCUT2D eigenvalue weighted by Gasteiger charge is 2.28. The van der Waals surface area contributed by atoms with Gasteiger partial charge in [0, 0.05) is 6.54 Å². The molecule has 2 aromatic heterocycles. The number of hydrogen-bond donors (Lipinski definition) is 2. The number of halogens is 3. The Balaban J connectivity index is 1.49. The number of nitrogens with one attached hydrogen (secondary N) is 2. The van der Waals surface area contributed by atoms with Crippen LogP contribution < -0.4 is 15.4 Å². The summed E-state index contributed by atoms with van der Waals surface area (Å²) in [6.07, 6.45) is -3.01. The zero-order valence-corrected chi connectivity index (χ0v) is 15.6. The fourth-order valence-corrected chi connectivity index (χ4v) is 3.06. The second-order valence-electron chi connectivity index (χ2n) is 5.83. The molecule has 3 aromatic rings. The Morgan fingerprint density at radius 2 is 1.79 bits per heavy atom. The van der Waals surface area contributed by atoms with Crippen LogP contribution in [0.2, 0.25) is 0 Å². The lowest BCUT2D eigenvalue weighted by Crippen LogP contribution is -2.21. The molecule has 152 valence electrons. The van der Waals surface area contributed by atoms with Gasteiger partial charge in [-0.05, 0) is 42.0 Å². The van der Waals surface area contributed by atoms with Crippen molar-refractivity contribution in [1.29, 1.82) is 0 Å². The molecule has 2 amide bonds. The van der Waals surface area contributed by atoms with Crippen LogP contribution in [0.15, 0.2) is 59.2 Å². The van der Waals surface area contributed by atoms with Gasteiger partial charge in [0.15, 0.2) is 12.4 Å². The van der Waals surface area contributed by atoms with Crippen LogP contribution in [0.1, 0.15) is 25.8 Å². The molecule has 0 fully saturated rings. The summed E-state index contributed by atoms with van der Waals surface area (Å²) in [5.74, 6) is -0.512. The third-order valence-corrected chi connectivity index (χ3v) is 4.59. The molecule has 0 saturated carbocycles. The molecule has 29 heavy (non-hydrogen) atoms. The van der Waals surface area contributed by atoms with Crippen LogP contribution in [0, 0.1) is 0 Å². The van der Waals surface area contributed by atoms with Gasteiger partial charge in [-0.1, -0.05) is 12.1 Å². The third-order valence-electron chi connectivity index (χ3n) is 3.59. The molecule has 2 heterocycles. The van der Waals surface area contributed by atoms with E-state index in [-0.39, 0.29) is 24.0 Å². The fraction of sp³-hybridized carbons (Fsp3) is 0.158. The van der Waals surface area contributed by atoms with E-state index in [1.54, 1.807) is 30.3 Å². The number of anilines is 1. The second kappa shape index (κ2) is 8.82. The Hall–Kier alpha value is -3.27. The number of alkyl halides is 3. The van der Waals surface area contributed by atoms with E-state index in [1.165, 1.54) is 24.5 Å². The van der Waals surface area contributed by atoms with Gasteiger partial charge in [0.25, 0.3) is 11.8 Å². The maximum absolute atomic E-state index is 12.2. The van der Waals surface area contributed by atoms with Crippen LogP contribution in [-0.4, -0.2) is 24.6 Å². The number of carbonyl (C=O) groups excluding carboxylic acids is 2. The number of carbonyl (C=O) groups is 2. The van der Waals surface area contributed by atoms with Crippen molar-refractivity contribution in [2.24, 2.45) is 0 Å². The second-order valence-corrected chi connectivity index (χ2v) is 6.91. The molecule has 3 rings (SSSR count). The molecule has 0 unspecified atom stereocenters. The SMILES string of the molecule is O=C(Nc1ccc(C(=O)NCc2ccc(OCC(F)(F)F)cc2)s1)c1ccco1. The van der Waals surface area contributed by atoms with Gasteiger partial charge >= 0.3 is 6.18 Å². The Bertz CT molecular complexity index is 966. The third kappa shape index (κ3) is 6.11. The van der Waals surface area contributed by atoms with E-state index in [0.717, 1.165) is 11.3 Å². The van der Waals surface area contributed by atoms with Crippen molar-refractivity contribution >= 4 is 28.2 Å². The topological polar surface area (TPSA) is 80.6 Å². The van der Waals surface area contributed by atoms with Gasteiger partial charge in [-0.3, -0.25) is 9.59 Å². The number of hydrogen-bond acceptors (Lipinski definition) is 5. The molecule has 2 N–H and O–H groups in total. The zero-order valence-electron chi connectivity index (χ0n) is 14.8.